The van der Waals surface area contributed by atoms with E-state index in [1.807, 2.05) is 6.92 Å². The molecule has 0 aliphatic carbocycles. The Morgan fingerprint density at radius 2 is 1.76 bits per heavy atom. The number of hydrogen-bond acceptors (Lipinski definition) is 4. The molecule has 0 amide bonds. The number of rotatable bonds is 6. The van der Waals surface area contributed by atoms with Gasteiger partial charge in [-0.2, -0.15) is 0 Å². The average Bonchev–Trinajstić information content (AvgIpc) is 2.29. The van der Waals surface area contributed by atoms with Crippen LogP contribution in [0.5, 0.6) is 17.2 Å². The van der Waals surface area contributed by atoms with Gasteiger partial charge in [0.1, 0.15) is 0 Å². The normalized spacial score (nSPS) is 9.82. The lowest BCUT2D eigenvalue weighted by Gasteiger charge is -2.14. The molecule has 0 radical (unpaired) electrons. The van der Waals surface area contributed by atoms with Crippen molar-refractivity contribution in [2.45, 2.75) is 13.3 Å². The Labute approximate surface area is 99.9 Å². The lowest BCUT2D eigenvalue weighted by atomic mass is 10.2. The summed E-state index contributed by atoms with van der Waals surface area (Å²) in [5.41, 5.74) is 0.976. The predicted molar refractivity (Wildman–Crippen MR) is 62.0 cm³/mol. The lowest BCUT2D eigenvalue weighted by Crippen LogP contribution is -2.06. The first kappa shape index (κ1) is 13.2. The fraction of sp³-hybridized carbons (Fsp3) is 0.417. The molecule has 5 nitrogen and oxygen atoms in total. The summed E-state index contributed by atoms with van der Waals surface area (Å²) >= 11 is 0. The van der Waals surface area contributed by atoms with Crippen LogP contribution in [-0.4, -0.2) is 31.9 Å². The van der Waals surface area contributed by atoms with E-state index in [-0.39, 0.29) is 13.0 Å². The third kappa shape index (κ3) is 3.55. The lowest BCUT2D eigenvalue weighted by molar-refractivity contribution is -0.137. The zero-order chi connectivity index (χ0) is 12.8. The number of ether oxygens (including phenoxy) is 3. The molecule has 1 rings (SSSR count). The smallest absolute Gasteiger partial charge is 0.306 e. The van der Waals surface area contributed by atoms with Crippen molar-refractivity contribution < 1.29 is 24.1 Å². The molecule has 0 saturated heterocycles. The van der Waals surface area contributed by atoms with Crippen molar-refractivity contribution in [3.63, 3.8) is 0 Å². The predicted octanol–water partition coefficient (Wildman–Crippen LogP) is 1.87. The fourth-order valence-electron chi connectivity index (χ4n) is 1.39. The van der Waals surface area contributed by atoms with Gasteiger partial charge in [-0.15, -0.1) is 0 Å². The van der Waals surface area contributed by atoms with Crippen LogP contribution >= 0.6 is 0 Å². The number of benzene rings is 1. The summed E-state index contributed by atoms with van der Waals surface area (Å²) in [6.07, 6.45) is -0.0693. The van der Waals surface area contributed by atoms with Crippen LogP contribution in [0.3, 0.4) is 0 Å². The topological polar surface area (TPSA) is 65.0 Å². The molecule has 0 bridgehead atoms. The minimum atomic E-state index is -0.907. The van der Waals surface area contributed by atoms with Gasteiger partial charge < -0.3 is 19.3 Å². The number of hydrogen-bond donors (Lipinski definition) is 1. The highest BCUT2D eigenvalue weighted by Crippen LogP contribution is 2.38. The number of aryl methyl sites for hydroxylation is 1. The minimum Gasteiger partial charge on any atom is -0.493 e. The second-order valence-corrected chi connectivity index (χ2v) is 3.49. The zero-order valence-electron chi connectivity index (χ0n) is 10.1. The highest BCUT2D eigenvalue weighted by Gasteiger charge is 2.13. The molecule has 1 N–H and O–H groups in total. The molecule has 0 spiro atoms. The van der Waals surface area contributed by atoms with E-state index in [1.54, 1.807) is 12.1 Å². The molecule has 0 atom stereocenters. The third-order valence-electron chi connectivity index (χ3n) is 2.17. The number of carbonyl (C=O) groups is 1. The van der Waals surface area contributed by atoms with Gasteiger partial charge in [-0.1, -0.05) is 0 Å². The van der Waals surface area contributed by atoms with Crippen molar-refractivity contribution in [3.8, 4) is 17.2 Å². The van der Waals surface area contributed by atoms with E-state index in [0.717, 1.165) is 5.56 Å². The van der Waals surface area contributed by atoms with Crippen LogP contribution in [-0.2, 0) is 4.79 Å². The van der Waals surface area contributed by atoms with Crippen molar-refractivity contribution in [3.05, 3.63) is 17.7 Å². The van der Waals surface area contributed by atoms with Gasteiger partial charge in [0.15, 0.2) is 11.5 Å². The Morgan fingerprint density at radius 3 is 2.18 bits per heavy atom. The van der Waals surface area contributed by atoms with E-state index in [1.165, 1.54) is 14.2 Å². The summed E-state index contributed by atoms with van der Waals surface area (Å²) in [6, 6.07) is 3.61. The van der Waals surface area contributed by atoms with E-state index in [2.05, 4.69) is 0 Å². The standard InChI is InChI=1S/C12H16O5/c1-8-6-9(15-2)12(10(7-8)16-3)17-5-4-11(13)14/h6-7H,4-5H2,1-3H3,(H,13,14). The zero-order valence-corrected chi connectivity index (χ0v) is 10.1. The van der Waals surface area contributed by atoms with Gasteiger partial charge in [-0.3, -0.25) is 4.79 Å². The summed E-state index contributed by atoms with van der Waals surface area (Å²) < 4.78 is 15.7. The second-order valence-electron chi connectivity index (χ2n) is 3.49. The van der Waals surface area contributed by atoms with Crippen LogP contribution in [0.2, 0.25) is 0 Å². The molecule has 1 aromatic rings. The summed E-state index contributed by atoms with van der Waals surface area (Å²) in [6.45, 7) is 1.98. The summed E-state index contributed by atoms with van der Waals surface area (Å²) in [5.74, 6) is 0.594. The maximum absolute atomic E-state index is 10.4. The van der Waals surface area contributed by atoms with Gasteiger partial charge in [-0.25, -0.2) is 0 Å². The summed E-state index contributed by atoms with van der Waals surface area (Å²) in [5, 5.41) is 8.55. The maximum Gasteiger partial charge on any atom is 0.306 e. The van der Waals surface area contributed by atoms with Gasteiger partial charge >= 0.3 is 5.97 Å². The van der Waals surface area contributed by atoms with E-state index in [4.69, 9.17) is 19.3 Å². The Bertz CT molecular complexity index is 375. The van der Waals surface area contributed by atoms with Crippen LogP contribution in [0.1, 0.15) is 12.0 Å². The number of methoxy groups -OCH3 is 2. The Hall–Kier alpha value is -1.91. The van der Waals surface area contributed by atoms with E-state index in [9.17, 15) is 4.79 Å². The highest BCUT2D eigenvalue weighted by atomic mass is 16.5. The molecule has 5 heteroatoms. The third-order valence-corrected chi connectivity index (χ3v) is 2.17. The van der Waals surface area contributed by atoms with Crippen LogP contribution < -0.4 is 14.2 Å². The molecule has 94 valence electrons. The first-order chi connectivity index (χ1) is 8.08. The molecule has 0 saturated carbocycles. The molecular weight excluding hydrogens is 224 g/mol. The van der Waals surface area contributed by atoms with Crippen molar-refractivity contribution >= 4 is 5.97 Å². The summed E-state index contributed by atoms with van der Waals surface area (Å²) in [4.78, 5) is 10.4. The van der Waals surface area contributed by atoms with Crippen LogP contribution in [0.4, 0.5) is 0 Å². The monoisotopic (exact) mass is 240 g/mol. The number of carboxylic acids is 1. The molecule has 0 aromatic heterocycles. The van der Waals surface area contributed by atoms with Gasteiger partial charge in [0.25, 0.3) is 0 Å². The second kappa shape index (κ2) is 5.98. The molecule has 1 aromatic carbocycles. The molecule has 0 fully saturated rings. The van der Waals surface area contributed by atoms with E-state index < -0.39 is 5.97 Å². The van der Waals surface area contributed by atoms with Crippen molar-refractivity contribution in [1.82, 2.24) is 0 Å². The molecule has 0 aliphatic heterocycles. The van der Waals surface area contributed by atoms with E-state index in [0.29, 0.717) is 17.2 Å². The van der Waals surface area contributed by atoms with Gasteiger partial charge in [-0.05, 0) is 24.6 Å². The first-order valence-corrected chi connectivity index (χ1v) is 5.15. The van der Waals surface area contributed by atoms with Crippen LogP contribution in [0.25, 0.3) is 0 Å². The SMILES string of the molecule is COc1cc(C)cc(OC)c1OCCC(=O)O. The van der Waals surface area contributed by atoms with E-state index >= 15 is 0 Å². The molecule has 17 heavy (non-hydrogen) atoms. The molecule has 0 aliphatic rings. The first-order valence-electron chi connectivity index (χ1n) is 5.15. The Kier molecular flexibility index (Phi) is 4.63. The maximum atomic E-state index is 10.4. The molecule has 0 heterocycles. The quantitative estimate of drug-likeness (QED) is 0.822. The van der Waals surface area contributed by atoms with Crippen LogP contribution in [0.15, 0.2) is 12.1 Å². The molecular formula is C12H16O5. The van der Waals surface area contributed by atoms with Crippen LogP contribution in [0, 0.1) is 6.92 Å². The van der Waals surface area contributed by atoms with Gasteiger partial charge in [0, 0.05) is 0 Å². The number of carboxylic acid groups (broad SMARTS) is 1. The van der Waals surface area contributed by atoms with Crippen molar-refractivity contribution in [2.75, 3.05) is 20.8 Å². The Balaban J connectivity index is 2.90. The fourth-order valence-corrected chi connectivity index (χ4v) is 1.39. The summed E-state index contributed by atoms with van der Waals surface area (Å²) in [7, 11) is 3.05. The molecule has 0 unspecified atom stereocenters. The van der Waals surface area contributed by atoms with Crippen molar-refractivity contribution in [2.24, 2.45) is 0 Å². The average molecular weight is 240 g/mol. The highest BCUT2D eigenvalue weighted by molar-refractivity contribution is 5.66. The van der Waals surface area contributed by atoms with Crippen molar-refractivity contribution in [1.29, 1.82) is 0 Å². The van der Waals surface area contributed by atoms with Gasteiger partial charge in [0.2, 0.25) is 5.75 Å². The Morgan fingerprint density at radius 1 is 1.24 bits per heavy atom. The minimum absolute atomic E-state index is 0.0693. The number of aliphatic carboxylic acids is 1. The largest absolute Gasteiger partial charge is 0.493 e. The van der Waals surface area contributed by atoms with Gasteiger partial charge in [0.05, 0.1) is 27.2 Å².